The predicted molar refractivity (Wildman–Crippen MR) is 108 cm³/mol. The molecule has 1 amide bonds. The van der Waals surface area contributed by atoms with Gasteiger partial charge < -0.3 is 25.0 Å². The van der Waals surface area contributed by atoms with Crippen LogP contribution in [-0.4, -0.2) is 32.3 Å². The van der Waals surface area contributed by atoms with Crippen molar-refractivity contribution in [2.75, 3.05) is 25.3 Å². The number of fused-ring (bicyclic) bond motifs is 1. The maximum Gasteiger partial charge on any atom is 0.231 e. The monoisotopic (exact) mass is 380 g/mol. The second kappa shape index (κ2) is 8.21. The molecule has 7 nitrogen and oxygen atoms in total. The van der Waals surface area contributed by atoms with Crippen molar-refractivity contribution in [2.45, 2.75) is 25.9 Å². The summed E-state index contributed by atoms with van der Waals surface area (Å²) in [4.78, 5) is 18.0. The third kappa shape index (κ3) is 4.03. The summed E-state index contributed by atoms with van der Waals surface area (Å²) in [5, 5.41) is 6.61. The maximum absolute atomic E-state index is 11.8. The summed E-state index contributed by atoms with van der Waals surface area (Å²) in [7, 11) is 1.75. The number of ether oxygens (including phenoxy) is 2. The van der Waals surface area contributed by atoms with Gasteiger partial charge in [0.25, 0.3) is 0 Å². The lowest BCUT2D eigenvalue weighted by Gasteiger charge is -2.16. The van der Waals surface area contributed by atoms with E-state index in [4.69, 9.17) is 9.47 Å². The summed E-state index contributed by atoms with van der Waals surface area (Å²) < 4.78 is 10.7. The summed E-state index contributed by atoms with van der Waals surface area (Å²) >= 11 is 0. The Bertz CT molecular complexity index is 880. The second-order valence-electron chi connectivity index (χ2n) is 6.78. The van der Waals surface area contributed by atoms with Gasteiger partial charge in [0.2, 0.25) is 12.7 Å². The van der Waals surface area contributed by atoms with E-state index in [0.29, 0.717) is 19.5 Å². The number of anilines is 1. The highest BCUT2D eigenvalue weighted by Gasteiger charge is 2.21. The van der Waals surface area contributed by atoms with Gasteiger partial charge in [-0.15, -0.1) is 0 Å². The lowest BCUT2D eigenvalue weighted by molar-refractivity contribution is -0.117. The van der Waals surface area contributed by atoms with Gasteiger partial charge in [0.15, 0.2) is 17.5 Å². The fourth-order valence-electron chi connectivity index (χ4n) is 3.36. The molecule has 0 saturated carbocycles. The van der Waals surface area contributed by atoms with Gasteiger partial charge in [-0.1, -0.05) is 18.2 Å². The second-order valence-corrected chi connectivity index (χ2v) is 6.78. The Labute approximate surface area is 164 Å². The van der Waals surface area contributed by atoms with Crippen LogP contribution in [-0.2, 0) is 17.9 Å². The number of benzene rings is 2. The molecule has 2 aromatic rings. The van der Waals surface area contributed by atoms with Crippen molar-refractivity contribution in [3.05, 3.63) is 53.6 Å². The molecule has 2 aliphatic heterocycles. The average Bonchev–Trinajstić information content (AvgIpc) is 3.37. The first-order valence-corrected chi connectivity index (χ1v) is 9.45. The van der Waals surface area contributed by atoms with Crippen molar-refractivity contribution >= 4 is 17.6 Å². The van der Waals surface area contributed by atoms with E-state index in [0.717, 1.165) is 47.2 Å². The summed E-state index contributed by atoms with van der Waals surface area (Å²) in [5.41, 5.74) is 3.19. The lowest BCUT2D eigenvalue weighted by atomic mass is 10.2. The molecule has 2 aromatic carbocycles. The Kier molecular flexibility index (Phi) is 5.32. The minimum Gasteiger partial charge on any atom is -0.454 e. The molecule has 0 radical (unpaired) electrons. The van der Waals surface area contributed by atoms with Crippen LogP contribution < -0.4 is 25.0 Å². The Morgan fingerprint density at radius 1 is 1.04 bits per heavy atom. The van der Waals surface area contributed by atoms with Gasteiger partial charge in [-0.05, 0) is 41.8 Å². The molecule has 28 heavy (non-hydrogen) atoms. The molecule has 0 aromatic heterocycles. The maximum atomic E-state index is 11.8. The molecular weight excluding hydrogens is 356 g/mol. The molecule has 1 fully saturated rings. The van der Waals surface area contributed by atoms with E-state index in [1.165, 1.54) is 0 Å². The average molecular weight is 380 g/mol. The fourth-order valence-corrected chi connectivity index (χ4v) is 3.36. The lowest BCUT2D eigenvalue weighted by Crippen LogP contribution is -2.36. The van der Waals surface area contributed by atoms with Crippen molar-refractivity contribution in [1.29, 1.82) is 0 Å². The molecule has 1 saturated heterocycles. The summed E-state index contributed by atoms with van der Waals surface area (Å²) in [6.45, 7) is 2.37. The number of hydrogen-bond donors (Lipinski definition) is 2. The third-order valence-electron chi connectivity index (χ3n) is 4.90. The number of nitrogens with zero attached hydrogens (tertiary/aromatic N) is 2. The first kappa shape index (κ1) is 18.2. The van der Waals surface area contributed by atoms with E-state index >= 15 is 0 Å². The van der Waals surface area contributed by atoms with E-state index < -0.39 is 0 Å². The van der Waals surface area contributed by atoms with Crippen LogP contribution >= 0.6 is 0 Å². The summed E-state index contributed by atoms with van der Waals surface area (Å²) in [6, 6.07) is 14.0. The zero-order chi connectivity index (χ0) is 19.3. The Morgan fingerprint density at radius 3 is 2.46 bits per heavy atom. The molecule has 0 aliphatic carbocycles. The minimum absolute atomic E-state index is 0.207. The zero-order valence-electron chi connectivity index (χ0n) is 15.9. The van der Waals surface area contributed by atoms with Gasteiger partial charge >= 0.3 is 0 Å². The van der Waals surface area contributed by atoms with Crippen LogP contribution in [0, 0.1) is 0 Å². The van der Waals surface area contributed by atoms with Gasteiger partial charge in [0.05, 0.1) is 0 Å². The Hall–Kier alpha value is -3.22. The van der Waals surface area contributed by atoms with Crippen molar-refractivity contribution in [3.8, 4) is 11.5 Å². The molecule has 0 unspecified atom stereocenters. The minimum atomic E-state index is 0.207. The molecule has 0 spiro atoms. The summed E-state index contributed by atoms with van der Waals surface area (Å²) in [6.07, 6.45) is 1.59. The van der Waals surface area contributed by atoms with Crippen LogP contribution in [0.5, 0.6) is 11.5 Å². The van der Waals surface area contributed by atoms with Gasteiger partial charge in [-0.3, -0.25) is 9.79 Å². The topological polar surface area (TPSA) is 75.2 Å². The molecule has 2 N–H and O–H groups in total. The number of amides is 1. The van der Waals surface area contributed by atoms with E-state index in [1.54, 1.807) is 7.05 Å². The SMILES string of the molecule is CN=C(NCc1ccc(N2CCCC2=O)cc1)NCc1ccc2c(c1)OCO2. The van der Waals surface area contributed by atoms with E-state index in [-0.39, 0.29) is 12.7 Å². The normalized spacial score (nSPS) is 15.8. The number of carbonyl (C=O) groups is 1. The van der Waals surface area contributed by atoms with Crippen molar-refractivity contribution in [2.24, 2.45) is 4.99 Å². The molecular formula is C21H24N4O3. The first-order valence-electron chi connectivity index (χ1n) is 9.45. The molecule has 0 atom stereocenters. The van der Waals surface area contributed by atoms with Crippen molar-refractivity contribution in [3.63, 3.8) is 0 Å². The molecule has 2 heterocycles. The number of rotatable bonds is 5. The van der Waals surface area contributed by atoms with Crippen molar-refractivity contribution in [1.82, 2.24) is 10.6 Å². The molecule has 7 heteroatoms. The van der Waals surface area contributed by atoms with Crippen LogP contribution in [0.1, 0.15) is 24.0 Å². The molecule has 2 aliphatic rings. The van der Waals surface area contributed by atoms with Gasteiger partial charge in [0, 0.05) is 38.8 Å². The number of hydrogen-bond acceptors (Lipinski definition) is 4. The van der Waals surface area contributed by atoms with E-state index in [1.807, 2.05) is 47.4 Å². The van der Waals surface area contributed by atoms with E-state index in [2.05, 4.69) is 15.6 Å². The highest BCUT2D eigenvalue weighted by molar-refractivity contribution is 5.95. The highest BCUT2D eigenvalue weighted by Crippen LogP contribution is 2.32. The van der Waals surface area contributed by atoms with Crippen LogP contribution in [0.25, 0.3) is 0 Å². The molecule has 146 valence electrons. The predicted octanol–water partition coefficient (Wildman–Crippen LogP) is 2.41. The van der Waals surface area contributed by atoms with E-state index in [9.17, 15) is 4.79 Å². The van der Waals surface area contributed by atoms with Crippen LogP contribution in [0.4, 0.5) is 5.69 Å². The number of carbonyl (C=O) groups excluding carboxylic acids is 1. The molecule has 0 bridgehead atoms. The molecule has 4 rings (SSSR count). The number of nitrogens with one attached hydrogen (secondary N) is 2. The summed E-state index contributed by atoms with van der Waals surface area (Å²) in [5.74, 6) is 2.49. The smallest absolute Gasteiger partial charge is 0.231 e. The largest absolute Gasteiger partial charge is 0.454 e. The number of guanidine groups is 1. The Balaban J connectivity index is 1.29. The van der Waals surface area contributed by atoms with Gasteiger partial charge in [-0.2, -0.15) is 0 Å². The number of aliphatic imine (C=N–C) groups is 1. The third-order valence-corrected chi connectivity index (χ3v) is 4.90. The Morgan fingerprint density at radius 2 is 1.75 bits per heavy atom. The highest BCUT2D eigenvalue weighted by atomic mass is 16.7. The zero-order valence-corrected chi connectivity index (χ0v) is 15.9. The van der Waals surface area contributed by atoms with Gasteiger partial charge in [0.1, 0.15) is 0 Å². The first-order chi connectivity index (χ1) is 13.7. The van der Waals surface area contributed by atoms with Crippen molar-refractivity contribution < 1.29 is 14.3 Å². The fraction of sp³-hybridized carbons (Fsp3) is 0.333. The quantitative estimate of drug-likeness (QED) is 0.615. The van der Waals surface area contributed by atoms with Gasteiger partial charge in [-0.25, -0.2) is 0 Å². The standard InChI is InChI=1S/C21H24N4O3/c1-22-21(24-13-16-6-9-18-19(11-16)28-14-27-18)23-12-15-4-7-17(8-5-15)25-10-2-3-20(25)26/h4-9,11H,2-3,10,12-14H2,1H3,(H2,22,23,24). The van der Waals surface area contributed by atoms with Crippen LogP contribution in [0.3, 0.4) is 0 Å². The van der Waals surface area contributed by atoms with Crippen LogP contribution in [0.2, 0.25) is 0 Å². The van der Waals surface area contributed by atoms with Crippen LogP contribution in [0.15, 0.2) is 47.5 Å².